The van der Waals surface area contributed by atoms with Crippen molar-refractivity contribution in [3.63, 3.8) is 0 Å². The summed E-state index contributed by atoms with van der Waals surface area (Å²) in [5.41, 5.74) is 6.46. The van der Waals surface area contributed by atoms with E-state index in [0.29, 0.717) is 32.4 Å². The van der Waals surface area contributed by atoms with Gasteiger partial charge in [0.05, 0.1) is 21.9 Å². The van der Waals surface area contributed by atoms with Gasteiger partial charge in [-0.25, -0.2) is 9.97 Å². The number of nitro groups is 1. The van der Waals surface area contributed by atoms with E-state index in [1.54, 1.807) is 49.4 Å². The summed E-state index contributed by atoms with van der Waals surface area (Å²) in [6, 6.07) is 16.9. The number of amides is 1. The van der Waals surface area contributed by atoms with Gasteiger partial charge in [0.15, 0.2) is 6.61 Å². The van der Waals surface area contributed by atoms with Gasteiger partial charge < -0.3 is 10.1 Å². The molecular formula is C27H19Cl4N7O4. The molecular weight excluding hydrogens is 628 g/mol. The molecule has 1 amide bonds. The number of hydrogen-bond donors (Lipinski definition) is 3. The summed E-state index contributed by atoms with van der Waals surface area (Å²) in [7, 11) is 0. The molecule has 15 heteroatoms. The summed E-state index contributed by atoms with van der Waals surface area (Å²) in [6.45, 7) is 1.29. The Morgan fingerprint density at radius 2 is 1.71 bits per heavy atom. The lowest BCUT2D eigenvalue weighted by Crippen LogP contribution is -2.34. The first-order chi connectivity index (χ1) is 20.1. The fourth-order valence-corrected chi connectivity index (χ4v) is 4.66. The number of anilines is 3. The van der Waals surface area contributed by atoms with Crippen molar-refractivity contribution in [1.29, 1.82) is 5.26 Å². The molecule has 1 atom stereocenters. The van der Waals surface area contributed by atoms with E-state index in [9.17, 15) is 20.2 Å². The summed E-state index contributed by atoms with van der Waals surface area (Å²) in [5, 5.41) is 26.1. The topological polar surface area (TPSA) is 155 Å². The highest BCUT2D eigenvalue weighted by molar-refractivity contribution is 6.35. The molecule has 11 nitrogen and oxygen atoms in total. The zero-order valence-electron chi connectivity index (χ0n) is 21.5. The minimum absolute atomic E-state index is 0.169. The van der Waals surface area contributed by atoms with Crippen LogP contribution in [0, 0.1) is 28.4 Å². The molecule has 1 aromatic heterocycles. The molecule has 0 spiro atoms. The molecule has 0 fully saturated rings. The van der Waals surface area contributed by atoms with Crippen LogP contribution in [0.3, 0.4) is 0 Å². The Labute approximate surface area is 259 Å². The third kappa shape index (κ3) is 7.29. The Morgan fingerprint density at radius 1 is 1.02 bits per heavy atom. The summed E-state index contributed by atoms with van der Waals surface area (Å²) in [4.78, 5) is 31.4. The molecule has 214 valence electrons. The number of hydrogen-bond acceptors (Lipinski definition) is 9. The molecule has 0 bridgehead atoms. The van der Waals surface area contributed by atoms with E-state index in [2.05, 4.69) is 32.2 Å². The monoisotopic (exact) mass is 645 g/mol. The van der Waals surface area contributed by atoms with Crippen LogP contribution < -0.4 is 20.9 Å². The van der Waals surface area contributed by atoms with Crippen LogP contribution in [0.4, 0.5) is 23.0 Å². The van der Waals surface area contributed by atoms with Crippen LogP contribution in [0.5, 0.6) is 5.75 Å². The first kappa shape index (κ1) is 30.6. The van der Waals surface area contributed by atoms with Gasteiger partial charge in [-0.3, -0.25) is 25.8 Å². The standard InChI is InChI=1S/C27H19Cl4N7O4/c1-14-8-18(19(11-32)15-2-4-16(28)5-3-15)20(30)10-22(14)35-26-25(38(40)41)27(34-13-33-26)37-36-24(39)12-42-23-7-6-17(29)9-21(23)31/h2-10,13,19H,12H2,1H3,(H,36,39)(H2,33,34,35,37). The van der Waals surface area contributed by atoms with Gasteiger partial charge in [-0.1, -0.05) is 64.6 Å². The average Bonchev–Trinajstić information content (AvgIpc) is 2.95. The molecule has 0 radical (unpaired) electrons. The van der Waals surface area contributed by atoms with Gasteiger partial charge >= 0.3 is 5.69 Å². The van der Waals surface area contributed by atoms with Gasteiger partial charge in [0.25, 0.3) is 5.91 Å². The Morgan fingerprint density at radius 3 is 2.38 bits per heavy atom. The van der Waals surface area contributed by atoms with Gasteiger partial charge in [0, 0.05) is 20.8 Å². The number of aryl methyl sites for hydroxylation is 1. The quantitative estimate of drug-likeness (QED) is 0.119. The van der Waals surface area contributed by atoms with Crippen molar-refractivity contribution >= 4 is 75.3 Å². The summed E-state index contributed by atoms with van der Waals surface area (Å²) < 4.78 is 5.35. The number of hydrazine groups is 1. The van der Waals surface area contributed by atoms with E-state index in [1.807, 2.05) is 0 Å². The number of aromatic nitrogens is 2. The smallest absolute Gasteiger partial charge is 0.355 e. The SMILES string of the molecule is Cc1cc(C(C#N)c2ccc(Cl)cc2)c(Cl)cc1Nc1ncnc(NNC(=O)COc2ccc(Cl)cc2Cl)c1[N+](=O)[O-]. The number of nitriles is 1. The normalized spacial score (nSPS) is 11.2. The molecule has 42 heavy (non-hydrogen) atoms. The fourth-order valence-electron chi connectivity index (χ4n) is 3.80. The Kier molecular flexibility index (Phi) is 9.88. The number of nitrogens with one attached hydrogen (secondary N) is 3. The molecule has 1 unspecified atom stereocenters. The van der Waals surface area contributed by atoms with E-state index in [4.69, 9.17) is 51.1 Å². The molecule has 0 aliphatic heterocycles. The lowest BCUT2D eigenvalue weighted by molar-refractivity contribution is -0.383. The van der Waals surface area contributed by atoms with Crippen LogP contribution in [0.15, 0.2) is 60.9 Å². The van der Waals surface area contributed by atoms with Gasteiger partial charge in [-0.2, -0.15) is 5.26 Å². The summed E-state index contributed by atoms with van der Waals surface area (Å²) in [5.74, 6) is -1.57. The minimum Gasteiger partial charge on any atom is -0.482 e. The van der Waals surface area contributed by atoms with Crippen molar-refractivity contribution in [3.05, 3.63) is 108 Å². The maximum Gasteiger partial charge on any atom is 0.355 e. The number of ether oxygens (including phenoxy) is 1. The van der Waals surface area contributed by atoms with Crippen molar-refractivity contribution in [3.8, 4) is 11.8 Å². The molecule has 3 aromatic carbocycles. The molecule has 0 aliphatic rings. The van der Waals surface area contributed by atoms with E-state index in [0.717, 1.165) is 6.33 Å². The van der Waals surface area contributed by atoms with Crippen molar-refractivity contribution in [2.24, 2.45) is 0 Å². The second-order valence-corrected chi connectivity index (χ2v) is 10.3. The van der Waals surface area contributed by atoms with Crippen LogP contribution in [-0.2, 0) is 4.79 Å². The van der Waals surface area contributed by atoms with Gasteiger partial charge in [-0.15, -0.1) is 0 Å². The van der Waals surface area contributed by atoms with Gasteiger partial charge in [0.1, 0.15) is 12.1 Å². The first-order valence-electron chi connectivity index (χ1n) is 11.9. The first-order valence-corrected chi connectivity index (χ1v) is 13.4. The van der Waals surface area contributed by atoms with Crippen LogP contribution in [0.1, 0.15) is 22.6 Å². The molecule has 0 aliphatic carbocycles. The van der Waals surface area contributed by atoms with E-state index >= 15 is 0 Å². The predicted molar refractivity (Wildman–Crippen MR) is 161 cm³/mol. The number of halogens is 4. The zero-order chi connectivity index (χ0) is 30.4. The molecule has 4 rings (SSSR count). The average molecular weight is 647 g/mol. The van der Waals surface area contributed by atoms with E-state index < -0.39 is 29.0 Å². The van der Waals surface area contributed by atoms with Gasteiger partial charge in [-0.05, 0) is 60.0 Å². The van der Waals surface area contributed by atoms with Crippen molar-refractivity contribution in [2.75, 3.05) is 17.3 Å². The maximum atomic E-state index is 12.3. The van der Waals surface area contributed by atoms with Crippen LogP contribution in [0.25, 0.3) is 0 Å². The zero-order valence-corrected chi connectivity index (χ0v) is 24.5. The third-order valence-corrected chi connectivity index (χ3v) is 6.93. The van der Waals surface area contributed by atoms with Crippen LogP contribution >= 0.6 is 46.4 Å². The Bertz CT molecular complexity index is 1700. The van der Waals surface area contributed by atoms with Crippen molar-refractivity contribution in [2.45, 2.75) is 12.8 Å². The highest BCUT2D eigenvalue weighted by Crippen LogP contribution is 2.37. The lowest BCUT2D eigenvalue weighted by atomic mass is 9.91. The Balaban J connectivity index is 1.51. The number of nitrogens with zero attached hydrogens (tertiary/aromatic N) is 4. The molecule has 3 N–H and O–H groups in total. The van der Waals surface area contributed by atoms with E-state index in [-0.39, 0.29) is 27.4 Å². The highest BCUT2D eigenvalue weighted by Gasteiger charge is 2.25. The fraction of sp³-hybridized carbons (Fsp3) is 0.111. The molecule has 1 heterocycles. The number of rotatable bonds is 10. The predicted octanol–water partition coefficient (Wildman–Crippen LogP) is 7.23. The number of carbonyl (C=O) groups excluding carboxylic acids is 1. The van der Waals surface area contributed by atoms with E-state index in [1.165, 1.54) is 12.1 Å². The third-order valence-electron chi connectivity index (χ3n) is 5.82. The van der Waals surface area contributed by atoms with Gasteiger partial charge in [0.2, 0.25) is 11.6 Å². The van der Waals surface area contributed by atoms with Crippen molar-refractivity contribution < 1.29 is 14.5 Å². The molecule has 0 saturated carbocycles. The highest BCUT2D eigenvalue weighted by atomic mass is 35.5. The molecule has 0 saturated heterocycles. The summed E-state index contributed by atoms with van der Waals surface area (Å²) >= 11 is 24.4. The Hall–Kier alpha value is -4.34. The number of carbonyl (C=O) groups is 1. The second-order valence-electron chi connectivity index (χ2n) is 8.64. The number of benzene rings is 3. The van der Waals surface area contributed by atoms with Crippen LogP contribution in [-0.4, -0.2) is 27.4 Å². The summed E-state index contributed by atoms with van der Waals surface area (Å²) in [6.07, 6.45) is 1.07. The lowest BCUT2D eigenvalue weighted by Gasteiger charge is -2.17. The molecule has 4 aromatic rings. The van der Waals surface area contributed by atoms with Crippen molar-refractivity contribution in [1.82, 2.24) is 15.4 Å². The largest absolute Gasteiger partial charge is 0.482 e. The minimum atomic E-state index is -0.710. The van der Waals surface area contributed by atoms with Crippen LogP contribution in [0.2, 0.25) is 20.1 Å². The second kappa shape index (κ2) is 13.5. The maximum absolute atomic E-state index is 12.3.